The van der Waals surface area contributed by atoms with E-state index in [1.165, 1.54) is 32.2 Å². The van der Waals surface area contributed by atoms with Crippen molar-refractivity contribution < 1.29 is 4.42 Å². The Bertz CT molecular complexity index is 335. The fourth-order valence-electron chi connectivity index (χ4n) is 2.68. The number of hydrogen-bond acceptors (Lipinski definition) is 3. The Morgan fingerprint density at radius 1 is 1.41 bits per heavy atom. The van der Waals surface area contributed by atoms with Crippen LogP contribution in [-0.4, -0.2) is 31.1 Å². The van der Waals surface area contributed by atoms with Gasteiger partial charge in [-0.1, -0.05) is 6.42 Å². The topological polar surface area (TPSA) is 28.4 Å². The molecule has 0 bridgehead atoms. The molecule has 0 aliphatic carbocycles. The molecule has 1 fully saturated rings. The second-order valence-corrected chi connectivity index (χ2v) is 5.02. The molecule has 2 rings (SSSR count). The van der Waals surface area contributed by atoms with E-state index in [1.807, 2.05) is 14.0 Å². The minimum atomic E-state index is 0.724. The Labute approximate surface area is 104 Å². The lowest BCUT2D eigenvalue weighted by atomic mass is 9.99. The van der Waals surface area contributed by atoms with E-state index in [1.54, 1.807) is 0 Å². The first-order valence-electron chi connectivity index (χ1n) is 6.73. The molecule has 3 heteroatoms. The minimum absolute atomic E-state index is 0.724. The number of rotatable bonds is 5. The summed E-state index contributed by atoms with van der Waals surface area (Å²) in [5, 5.41) is 3.25. The molecule has 0 spiro atoms. The van der Waals surface area contributed by atoms with Crippen molar-refractivity contribution >= 4 is 0 Å². The molecule has 0 saturated carbocycles. The standard InChI is InChI=1S/C14H24N2O/c1-12-6-7-14(17-12)11-16-10-4-3-5-13(16)8-9-15-2/h6-7,13,15H,3-5,8-11H2,1-2H3. The zero-order valence-corrected chi connectivity index (χ0v) is 11.0. The molecule has 96 valence electrons. The summed E-state index contributed by atoms with van der Waals surface area (Å²) in [6.07, 6.45) is 5.29. The fraction of sp³-hybridized carbons (Fsp3) is 0.714. The number of hydrogen-bond donors (Lipinski definition) is 1. The molecule has 2 heterocycles. The second kappa shape index (κ2) is 6.22. The number of aryl methyl sites for hydroxylation is 1. The normalized spacial score (nSPS) is 21.9. The molecule has 0 amide bonds. The molecule has 1 aromatic heterocycles. The van der Waals surface area contributed by atoms with Crippen molar-refractivity contribution in [2.24, 2.45) is 0 Å². The van der Waals surface area contributed by atoms with Crippen molar-refractivity contribution in [3.63, 3.8) is 0 Å². The maximum absolute atomic E-state index is 5.68. The van der Waals surface area contributed by atoms with Gasteiger partial charge in [-0.15, -0.1) is 0 Å². The summed E-state index contributed by atoms with van der Waals surface area (Å²) >= 11 is 0. The largest absolute Gasteiger partial charge is 0.465 e. The lowest BCUT2D eigenvalue weighted by molar-refractivity contribution is 0.122. The summed E-state index contributed by atoms with van der Waals surface area (Å²) in [4.78, 5) is 2.58. The second-order valence-electron chi connectivity index (χ2n) is 5.02. The van der Waals surface area contributed by atoms with Gasteiger partial charge in [0.05, 0.1) is 6.54 Å². The minimum Gasteiger partial charge on any atom is -0.465 e. The molecule has 1 N–H and O–H groups in total. The van der Waals surface area contributed by atoms with E-state index in [4.69, 9.17) is 4.42 Å². The lowest BCUT2D eigenvalue weighted by Gasteiger charge is -2.35. The van der Waals surface area contributed by atoms with Gasteiger partial charge in [0.1, 0.15) is 11.5 Å². The van der Waals surface area contributed by atoms with Gasteiger partial charge in [-0.3, -0.25) is 4.90 Å². The van der Waals surface area contributed by atoms with Crippen LogP contribution < -0.4 is 5.32 Å². The molecule has 1 aliphatic heterocycles. The van der Waals surface area contributed by atoms with Gasteiger partial charge >= 0.3 is 0 Å². The van der Waals surface area contributed by atoms with Crippen LogP contribution >= 0.6 is 0 Å². The lowest BCUT2D eigenvalue weighted by Crippen LogP contribution is -2.40. The van der Waals surface area contributed by atoms with Crippen LogP contribution in [0.3, 0.4) is 0 Å². The van der Waals surface area contributed by atoms with Crippen LogP contribution in [0.15, 0.2) is 16.5 Å². The van der Waals surface area contributed by atoms with Gasteiger partial charge in [-0.25, -0.2) is 0 Å². The van der Waals surface area contributed by atoms with Gasteiger partial charge in [0.15, 0.2) is 0 Å². The molecule has 0 aromatic carbocycles. The summed E-state index contributed by atoms with van der Waals surface area (Å²) in [5.74, 6) is 2.13. The Morgan fingerprint density at radius 3 is 3.00 bits per heavy atom. The first-order valence-corrected chi connectivity index (χ1v) is 6.73. The number of piperidine rings is 1. The molecular weight excluding hydrogens is 212 g/mol. The zero-order chi connectivity index (χ0) is 12.1. The van der Waals surface area contributed by atoms with Crippen molar-refractivity contribution in [2.75, 3.05) is 20.1 Å². The van der Waals surface area contributed by atoms with Crippen molar-refractivity contribution in [1.82, 2.24) is 10.2 Å². The van der Waals surface area contributed by atoms with E-state index in [2.05, 4.69) is 22.3 Å². The van der Waals surface area contributed by atoms with Crippen LogP contribution in [0.25, 0.3) is 0 Å². The molecule has 1 saturated heterocycles. The van der Waals surface area contributed by atoms with E-state index < -0.39 is 0 Å². The highest BCUT2D eigenvalue weighted by atomic mass is 16.3. The van der Waals surface area contributed by atoms with Crippen LogP contribution in [0.4, 0.5) is 0 Å². The van der Waals surface area contributed by atoms with Crippen LogP contribution in [-0.2, 0) is 6.54 Å². The number of likely N-dealkylation sites (tertiary alicyclic amines) is 1. The highest BCUT2D eigenvalue weighted by Crippen LogP contribution is 2.22. The van der Waals surface area contributed by atoms with E-state index in [-0.39, 0.29) is 0 Å². The summed E-state index contributed by atoms with van der Waals surface area (Å²) in [6, 6.07) is 4.89. The average molecular weight is 236 g/mol. The third-order valence-electron chi connectivity index (χ3n) is 3.63. The fourth-order valence-corrected chi connectivity index (χ4v) is 2.68. The van der Waals surface area contributed by atoms with Crippen molar-refractivity contribution in [3.05, 3.63) is 23.7 Å². The molecule has 3 nitrogen and oxygen atoms in total. The molecule has 1 unspecified atom stereocenters. The third kappa shape index (κ3) is 3.58. The van der Waals surface area contributed by atoms with E-state index in [0.717, 1.165) is 30.7 Å². The van der Waals surface area contributed by atoms with Crippen molar-refractivity contribution in [1.29, 1.82) is 0 Å². The SMILES string of the molecule is CNCCC1CCCCN1Cc1ccc(C)o1. The van der Waals surface area contributed by atoms with Gasteiger partial charge in [0.25, 0.3) is 0 Å². The Balaban J connectivity index is 1.91. The maximum atomic E-state index is 5.68. The summed E-state index contributed by atoms with van der Waals surface area (Å²) in [7, 11) is 2.03. The van der Waals surface area contributed by atoms with Crippen molar-refractivity contribution in [2.45, 2.75) is 45.2 Å². The molecule has 1 aromatic rings. The molecule has 17 heavy (non-hydrogen) atoms. The van der Waals surface area contributed by atoms with Gasteiger partial charge in [-0.2, -0.15) is 0 Å². The van der Waals surface area contributed by atoms with E-state index >= 15 is 0 Å². The number of nitrogens with zero attached hydrogens (tertiary/aromatic N) is 1. The quantitative estimate of drug-likeness (QED) is 0.851. The third-order valence-corrected chi connectivity index (χ3v) is 3.63. The smallest absolute Gasteiger partial charge is 0.118 e. The van der Waals surface area contributed by atoms with Crippen molar-refractivity contribution in [3.8, 4) is 0 Å². The Morgan fingerprint density at radius 2 is 2.29 bits per heavy atom. The first-order chi connectivity index (χ1) is 8.29. The predicted molar refractivity (Wildman–Crippen MR) is 70.0 cm³/mol. The van der Waals surface area contributed by atoms with Gasteiger partial charge in [-0.05, 0) is 58.5 Å². The van der Waals surface area contributed by atoms with Crippen LogP contribution in [0.1, 0.15) is 37.2 Å². The predicted octanol–water partition coefficient (Wildman–Crippen LogP) is 2.55. The van der Waals surface area contributed by atoms with Gasteiger partial charge in [0.2, 0.25) is 0 Å². The molecule has 0 radical (unpaired) electrons. The van der Waals surface area contributed by atoms with E-state index in [9.17, 15) is 0 Å². The highest BCUT2D eigenvalue weighted by Gasteiger charge is 2.22. The molecule has 1 atom stereocenters. The average Bonchev–Trinajstić information content (AvgIpc) is 2.74. The summed E-state index contributed by atoms with van der Waals surface area (Å²) in [5.41, 5.74) is 0. The first kappa shape index (κ1) is 12.7. The van der Waals surface area contributed by atoms with Crippen LogP contribution in [0, 0.1) is 6.92 Å². The van der Waals surface area contributed by atoms with Crippen LogP contribution in [0.2, 0.25) is 0 Å². The zero-order valence-electron chi connectivity index (χ0n) is 11.0. The Kier molecular flexibility index (Phi) is 4.63. The van der Waals surface area contributed by atoms with Gasteiger partial charge in [0, 0.05) is 6.04 Å². The number of furan rings is 1. The molecular formula is C14H24N2O. The summed E-state index contributed by atoms with van der Waals surface area (Å²) in [6.45, 7) is 5.31. The highest BCUT2D eigenvalue weighted by molar-refractivity contribution is 5.05. The van der Waals surface area contributed by atoms with Crippen LogP contribution in [0.5, 0.6) is 0 Å². The van der Waals surface area contributed by atoms with Gasteiger partial charge < -0.3 is 9.73 Å². The Hall–Kier alpha value is -0.800. The number of nitrogens with one attached hydrogen (secondary N) is 1. The maximum Gasteiger partial charge on any atom is 0.118 e. The molecule has 1 aliphatic rings. The van der Waals surface area contributed by atoms with E-state index in [0.29, 0.717) is 0 Å². The monoisotopic (exact) mass is 236 g/mol. The summed E-state index contributed by atoms with van der Waals surface area (Å²) < 4.78 is 5.68.